The molecule has 0 saturated heterocycles. The molecule has 1 aromatic rings. The Kier molecular flexibility index (Phi) is 4.56. The van der Waals surface area contributed by atoms with E-state index in [1.165, 1.54) is 12.8 Å². The number of hydrogen-bond donors (Lipinski definition) is 1. The van der Waals surface area contributed by atoms with Crippen LogP contribution in [0, 0.1) is 23.7 Å². The van der Waals surface area contributed by atoms with E-state index in [-0.39, 0.29) is 11.8 Å². The summed E-state index contributed by atoms with van der Waals surface area (Å²) in [7, 11) is 0. The number of carbonyl (C=O) groups excluding carboxylic acids is 1. The zero-order chi connectivity index (χ0) is 13.8. The van der Waals surface area contributed by atoms with E-state index in [1.807, 2.05) is 12.1 Å². The molecule has 2 rings (SSSR count). The number of rotatable bonds is 3. The fraction of sp³-hybridized carbons (Fsp3) is 0.625. The lowest BCUT2D eigenvalue weighted by atomic mass is 9.70. The Hall–Kier alpha value is -1.38. The van der Waals surface area contributed by atoms with Crippen LogP contribution < -0.4 is 5.32 Å². The summed E-state index contributed by atoms with van der Waals surface area (Å²) in [5.74, 6) is 2.07. The van der Waals surface area contributed by atoms with Gasteiger partial charge in [-0.05, 0) is 42.7 Å². The highest BCUT2D eigenvalue weighted by molar-refractivity contribution is 5.92. The van der Waals surface area contributed by atoms with Gasteiger partial charge in [-0.1, -0.05) is 27.2 Å². The second kappa shape index (κ2) is 6.18. The lowest BCUT2D eigenvalue weighted by Crippen LogP contribution is -2.36. The van der Waals surface area contributed by atoms with Crippen molar-refractivity contribution in [2.24, 2.45) is 23.7 Å². The van der Waals surface area contributed by atoms with Gasteiger partial charge in [0.2, 0.25) is 5.91 Å². The van der Waals surface area contributed by atoms with Gasteiger partial charge >= 0.3 is 0 Å². The molecule has 1 aliphatic carbocycles. The van der Waals surface area contributed by atoms with E-state index in [9.17, 15) is 4.79 Å². The molecule has 0 aromatic carbocycles. The number of amides is 1. The van der Waals surface area contributed by atoms with E-state index in [1.54, 1.807) is 12.4 Å². The molecule has 0 radical (unpaired) electrons. The van der Waals surface area contributed by atoms with Gasteiger partial charge in [-0.3, -0.25) is 9.78 Å². The molecule has 19 heavy (non-hydrogen) atoms. The smallest absolute Gasteiger partial charge is 0.227 e. The van der Waals surface area contributed by atoms with Gasteiger partial charge < -0.3 is 5.32 Å². The maximum Gasteiger partial charge on any atom is 0.227 e. The number of anilines is 1. The monoisotopic (exact) mass is 260 g/mol. The van der Waals surface area contributed by atoms with Crippen LogP contribution in [0.5, 0.6) is 0 Å². The molecule has 1 N–H and O–H groups in total. The van der Waals surface area contributed by atoms with E-state index < -0.39 is 0 Å². The van der Waals surface area contributed by atoms with Crippen molar-refractivity contribution in [3.05, 3.63) is 24.5 Å². The van der Waals surface area contributed by atoms with Crippen molar-refractivity contribution < 1.29 is 4.79 Å². The Morgan fingerprint density at radius 1 is 1.32 bits per heavy atom. The van der Waals surface area contributed by atoms with E-state index in [4.69, 9.17) is 0 Å². The summed E-state index contributed by atoms with van der Waals surface area (Å²) in [6, 6.07) is 3.68. The van der Waals surface area contributed by atoms with Crippen LogP contribution in [0.3, 0.4) is 0 Å². The van der Waals surface area contributed by atoms with Crippen LogP contribution in [0.4, 0.5) is 5.69 Å². The van der Waals surface area contributed by atoms with E-state index in [0.717, 1.165) is 12.1 Å². The van der Waals surface area contributed by atoms with Crippen molar-refractivity contribution in [3.63, 3.8) is 0 Å². The average Bonchev–Trinajstić information content (AvgIpc) is 2.39. The SMILES string of the molecule is CC1CCC(C(C)C)C(C(=O)Nc2ccncc2)C1. The van der Waals surface area contributed by atoms with E-state index in [0.29, 0.717) is 17.8 Å². The molecule has 3 unspecified atom stereocenters. The molecule has 1 fully saturated rings. The van der Waals surface area contributed by atoms with Crippen molar-refractivity contribution >= 4 is 11.6 Å². The van der Waals surface area contributed by atoms with Gasteiger partial charge in [0.05, 0.1) is 0 Å². The zero-order valence-corrected chi connectivity index (χ0v) is 12.1. The largest absolute Gasteiger partial charge is 0.326 e. The first kappa shape index (κ1) is 14.0. The molecule has 104 valence electrons. The summed E-state index contributed by atoms with van der Waals surface area (Å²) in [4.78, 5) is 16.5. The third kappa shape index (κ3) is 3.55. The Labute approximate surface area is 115 Å². The maximum atomic E-state index is 12.5. The summed E-state index contributed by atoms with van der Waals surface area (Å²) in [6.45, 7) is 6.71. The Morgan fingerprint density at radius 2 is 2.00 bits per heavy atom. The number of pyridine rings is 1. The van der Waals surface area contributed by atoms with Crippen molar-refractivity contribution in [1.29, 1.82) is 0 Å². The minimum atomic E-state index is 0.150. The van der Waals surface area contributed by atoms with Crippen molar-refractivity contribution in [1.82, 2.24) is 4.98 Å². The molecule has 0 bridgehead atoms. The molecule has 3 heteroatoms. The summed E-state index contributed by atoms with van der Waals surface area (Å²) >= 11 is 0. The molecule has 0 aliphatic heterocycles. The maximum absolute atomic E-state index is 12.5. The predicted octanol–water partition coefficient (Wildman–Crippen LogP) is 3.73. The normalized spacial score (nSPS) is 27.3. The highest BCUT2D eigenvalue weighted by atomic mass is 16.1. The molecule has 3 atom stereocenters. The first-order valence-electron chi connectivity index (χ1n) is 7.28. The first-order chi connectivity index (χ1) is 9.08. The minimum absolute atomic E-state index is 0.150. The molecule has 1 saturated carbocycles. The fourth-order valence-electron chi connectivity index (χ4n) is 3.17. The highest BCUT2D eigenvalue weighted by Gasteiger charge is 2.35. The summed E-state index contributed by atoms with van der Waals surface area (Å²) in [5.41, 5.74) is 0.848. The third-order valence-corrected chi connectivity index (χ3v) is 4.31. The van der Waals surface area contributed by atoms with Crippen molar-refractivity contribution in [3.8, 4) is 0 Å². The molecular formula is C16H24N2O. The minimum Gasteiger partial charge on any atom is -0.326 e. The van der Waals surface area contributed by atoms with Crippen LogP contribution in [-0.4, -0.2) is 10.9 Å². The molecule has 1 amide bonds. The molecule has 1 heterocycles. The van der Waals surface area contributed by atoms with Gasteiger partial charge in [0.15, 0.2) is 0 Å². The fourth-order valence-corrected chi connectivity index (χ4v) is 3.17. The number of aromatic nitrogens is 1. The Morgan fingerprint density at radius 3 is 2.63 bits per heavy atom. The molecular weight excluding hydrogens is 236 g/mol. The van der Waals surface area contributed by atoms with Gasteiger partial charge in [-0.25, -0.2) is 0 Å². The average molecular weight is 260 g/mol. The van der Waals surface area contributed by atoms with Crippen LogP contribution in [-0.2, 0) is 4.79 Å². The quantitative estimate of drug-likeness (QED) is 0.899. The second-order valence-electron chi connectivity index (χ2n) is 6.16. The molecule has 3 nitrogen and oxygen atoms in total. The predicted molar refractivity (Wildman–Crippen MR) is 77.7 cm³/mol. The summed E-state index contributed by atoms with van der Waals surface area (Å²) in [6.07, 6.45) is 6.85. The van der Waals surface area contributed by atoms with Crippen LogP contribution in [0.15, 0.2) is 24.5 Å². The Balaban J connectivity index is 2.06. The third-order valence-electron chi connectivity index (χ3n) is 4.31. The molecule has 1 aromatic heterocycles. The lowest BCUT2D eigenvalue weighted by Gasteiger charge is -2.36. The summed E-state index contributed by atoms with van der Waals surface area (Å²) in [5, 5.41) is 3.04. The number of nitrogens with zero attached hydrogens (tertiary/aromatic N) is 1. The van der Waals surface area contributed by atoms with Crippen LogP contribution in [0.1, 0.15) is 40.0 Å². The van der Waals surface area contributed by atoms with Crippen molar-refractivity contribution in [2.45, 2.75) is 40.0 Å². The topological polar surface area (TPSA) is 42.0 Å². The van der Waals surface area contributed by atoms with Gasteiger partial charge in [0, 0.05) is 24.0 Å². The van der Waals surface area contributed by atoms with Gasteiger partial charge in [-0.2, -0.15) is 0 Å². The standard InChI is InChI=1S/C16H24N2O/c1-11(2)14-5-4-12(3)10-15(14)16(19)18-13-6-8-17-9-7-13/h6-9,11-12,14-15H,4-5,10H2,1-3H3,(H,17,18,19). The number of carbonyl (C=O) groups is 1. The first-order valence-corrected chi connectivity index (χ1v) is 7.28. The van der Waals surface area contributed by atoms with Crippen LogP contribution in [0.2, 0.25) is 0 Å². The van der Waals surface area contributed by atoms with Gasteiger partial charge in [0.1, 0.15) is 0 Å². The van der Waals surface area contributed by atoms with Crippen molar-refractivity contribution in [2.75, 3.05) is 5.32 Å². The number of nitrogens with one attached hydrogen (secondary N) is 1. The highest BCUT2D eigenvalue weighted by Crippen LogP contribution is 2.38. The zero-order valence-electron chi connectivity index (χ0n) is 12.1. The molecule has 1 aliphatic rings. The van der Waals surface area contributed by atoms with Crippen LogP contribution >= 0.6 is 0 Å². The lowest BCUT2D eigenvalue weighted by molar-refractivity contribution is -0.123. The Bertz CT molecular complexity index is 416. The second-order valence-corrected chi connectivity index (χ2v) is 6.16. The summed E-state index contributed by atoms with van der Waals surface area (Å²) < 4.78 is 0. The van der Waals surface area contributed by atoms with E-state index >= 15 is 0 Å². The number of hydrogen-bond acceptors (Lipinski definition) is 2. The molecule has 0 spiro atoms. The van der Waals surface area contributed by atoms with Crippen LogP contribution in [0.25, 0.3) is 0 Å². The van der Waals surface area contributed by atoms with Gasteiger partial charge in [0.25, 0.3) is 0 Å². The van der Waals surface area contributed by atoms with Gasteiger partial charge in [-0.15, -0.1) is 0 Å². The van der Waals surface area contributed by atoms with E-state index in [2.05, 4.69) is 31.1 Å².